The van der Waals surface area contributed by atoms with Gasteiger partial charge in [-0.15, -0.1) is 0 Å². The van der Waals surface area contributed by atoms with Crippen LogP contribution in [0.2, 0.25) is 5.02 Å². The number of anilines is 1. The van der Waals surface area contributed by atoms with Crippen molar-refractivity contribution in [1.29, 1.82) is 0 Å². The Kier molecular flexibility index (Phi) is 8.04. The number of methoxy groups -OCH3 is 1. The van der Waals surface area contributed by atoms with E-state index in [1.807, 2.05) is 13.8 Å². The Morgan fingerprint density at radius 3 is 2.41 bits per heavy atom. The fourth-order valence-electron chi connectivity index (χ4n) is 4.26. The number of amides is 1. The van der Waals surface area contributed by atoms with Crippen molar-refractivity contribution in [1.82, 2.24) is 0 Å². The van der Waals surface area contributed by atoms with E-state index in [-0.39, 0.29) is 11.3 Å². The number of rotatable bonds is 9. The second kappa shape index (κ2) is 11.4. The Morgan fingerprint density at radius 2 is 1.73 bits per heavy atom. The van der Waals surface area contributed by atoms with E-state index in [0.29, 0.717) is 52.3 Å². The second-order valence-corrected chi connectivity index (χ2v) is 8.80. The summed E-state index contributed by atoms with van der Waals surface area (Å²) in [6.07, 6.45) is 0.821. The molecule has 0 aliphatic carbocycles. The van der Waals surface area contributed by atoms with Gasteiger partial charge in [-0.05, 0) is 67.4 Å². The van der Waals surface area contributed by atoms with E-state index < -0.39 is 17.7 Å². The molecule has 1 heterocycles. The van der Waals surface area contributed by atoms with Gasteiger partial charge < -0.3 is 19.3 Å². The van der Waals surface area contributed by atoms with Gasteiger partial charge in [0.15, 0.2) is 11.5 Å². The molecule has 37 heavy (non-hydrogen) atoms. The van der Waals surface area contributed by atoms with Crippen molar-refractivity contribution in [3.8, 4) is 17.2 Å². The number of halogens is 1. The minimum Gasteiger partial charge on any atom is -0.507 e. The highest BCUT2D eigenvalue weighted by Gasteiger charge is 2.47. The molecule has 1 N–H and O–H groups in total. The molecule has 1 aliphatic heterocycles. The molecular formula is C29H28ClNO6. The van der Waals surface area contributed by atoms with Crippen LogP contribution in [0, 0.1) is 0 Å². The maximum Gasteiger partial charge on any atom is 0.300 e. The normalized spacial score (nSPS) is 16.6. The third-order valence-electron chi connectivity index (χ3n) is 5.93. The zero-order valence-electron chi connectivity index (χ0n) is 20.9. The summed E-state index contributed by atoms with van der Waals surface area (Å²) in [6, 6.07) is 17.7. The van der Waals surface area contributed by atoms with E-state index in [4.69, 9.17) is 25.8 Å². The molecule has 8 heteroatoms. The van der Waals surface area contributed by atoms with Gasteiger partial charge in [0.2, 0.25) is 0 Å². The van der Waals surface area contributed by atoms with Crippen molar-refractivity contribution < 1.29 is 28.9 Å². The number of nitrogens with zero attached hydrogens (tertiary/aromatic N) is 1. The molecule has 1 fully saturated rings. The first kappa shape index (κ1) is 26.1. The fraction of sp³-hybridized carbons (Fsp3) is 0.241. The van der Waals surface area contributed by atoms with Gasteiger partial charge in [-0.25, -0.2) is 0 Å². The first-order valence-corrected chi connectivity index (χ1v) is 12.4. The molecule has 0 saturated carbocycles. The summed E-state index contributed by atoms with van der Waals surface area (Å²) in [5, 5.41) is 11.9. The van der Waals surface area contributed by atoms with E-state index in [1.54, 1.807) is 66.7 Å². The van der Waals surface area contributed by atoms with Gasteiger partial charge in [0.05, 0.1) is 31.9 Å². The number of Topliss-reactive ketones (excluding diaryl/α,β-unsaturated/α-hetero) is 1. The molecule has 0 bridgehead atoms. The van der Waals surface area contributed by atoms with Gasteiger partial charge in [-0.2, -0.15) is 0 Å². The lowest BCUT2D eigenvalue weighted by molar-refractivity contribution is -0.132. The molecule has 7 nitrogen and oxygen atoms in total. The molecule has 3 aromatic carbocycles. The van der Waals surface area contributed by atoms with Crippen LogP contribution in [0.4, 0.5) is 5.69 Å². The second-order valence-electron chi connectivity index (χ2n) is 8.37. The number of carbonyl (C=O) groups is 2. The fourth-order valence-corrected chi connectivity index (χ4v) is 4.38. The highest BCUT2D eigenvalue weighted by atomic mass is 35.5. The molecule has 1 saturated heterocycles. The van der Waals surface area contributed by atoms with Crippen LogP contribution < -0.4 is 19.1 Å². The van der Waals surface area contributed by atoms with Gasteiger partial charge in [-0.1, -0.05) is 36.7 Å². The van der Waals surface area contributed by atoms with Crippen LogP contribution in [0.25, 0.3) is 5.76 Å². The largest absolute Gasteiger partial charge is 0.507 e. The maximum atomic E-state index is 13.4. The average molecular weight is 522 g/mol. The first-order valence-electron chi connectivity index (χ1n) is 12.0. The Hall–Kier alpha value is -3.97. The van der Waals surface area contributed by atoms with E-state index in [1.165, 1.54) is 12.0 Å². The third-order valence-corrected chi connectivity index (χ3v) is 6.18. The number of carbonyl (C=O) groups excluding carboxylic acids is 2. The smallest absolute Gasteiger partial charge is 0.300 e. The lowest BCUT2D eigenvalue weighted by atomic mass is 9.94. The van der Waals surface area contributed by atoms with Gasteiger partial charge in [0, 0.05) is 16.3 Å². The molecule has 1 atom stereocenters. The standard InChI is InChI=1S/C29H28ClNO6/c1-4-15-37-22-8-6-7-19(16-22)27(32)25-26(18-9-14-23(35-3)24(17-18)36-5-2)31(29(34)28(25)33)21-12-10-20(30)11-13-21/h6-14,16-17,26,32H,4-5,15H2,1-3H3/b27-25-. The van der Waals surface area contributed by atoms with Crippen molar-refractivity contribution in [3.05, 3.63) is 88.5 Å². The van der Waals surface area contributed by atoms with Crippen molar-refractivity contribution in [2.75, 3.05) is 25.2 Å². The van der Waals surface area contributed by atoms with E-state index in [2.05, 4.69) is 0 Å². The van der Waals surface area contributed by atoms with Crippen LogP contribution in [-0.2, 0) is 9.59 Å². The highest BCUT2D eigenvalue weighted by molar-refractivity contribution is 6.51. The molecular weight excluding hydrogens is 494 g/mol. The van der Waals surface area contributed by atoms with Crippen LogP contribution in [0.1, 0.15) is 37.4 Å². The van der Waals surface area contributed by atoms with Crippen LogP contribution in [-0.4, -0.2) is 37.1 Å². The predicted molar refractivity (Wildman–Crippen MR) is 143 cm³/mol. The first-order chi connectivity index (χ1) is 17.9. The van der Waals surface area contributed by atoms with Crippen LogP contribution in [0.5, 0.6) is 17.2 Å². The van der Waals surface area contributed by atoms with Crippen molar-refractivity contribution in [3.63, 3.8) is 0 Å². The van der Waals surface area contributed by atoms with E-state index in [0.717, 1.165) is 6.42 Å². The zero-order chi connectivity index (χ0) is 26.5. The molecule has 0 aromatic heterocycles. The number of hydrogen-bond acceptors (Lipinski definition) is 6. The Morgan fingerprint density at radius 1 is 0.973 bits per heavy atom. The number of benzene rings is 3. The molecule has 1 aliphatic rings. The Balaban J connectivity index is 1.91. The zero-order valence-corrected chi connectivity index (χ0v) is 21.6. The lowest BCUT2D eigenvalue weighted by Gasteiger charge is -2.26. The highest BCUT2D eigenvalue weighted by Crippen LogP contribution is 2.44. The van der Waals surface area contributed by atoms with Gasteiger partial charge in [0.1, 0.15) is 11.5 Å². The number of ether oxygens (including phenoxy) is 3. The summed E-state index contributed by atoms with van der Waals surface area (Å²) in [7, 11) is 1.53. The Labute approximate surface area is 220 Å². The van der Waals surface area contributed by atoms with Gasteiger partial charge in [-0.3, -0.25) is 14.5 Å². The lowest BCUT2D eigenvalue weighted by Crippen LogP contribution is -2.29. The van der Waals surface area contributed by atoms with Crippen molar-refractivity contribution in [2.24, 2.45) is 0 Å². The van der Waals surface area contributed by atoms with Crippen LogP contribution in [0.3, 0.4) is 0 Å². The molecule has 192 valence electrons. The molecule has 1 unspecified atom stereocenters. The molecule has 3 aromatic rings. The molecule has 1 amide bonds. The topological polar surface area (TPSA) is 85.3 Å². The van der Waals surface area contributed by atoms with Gasteiger partial charge in [0.25, 0.3) is 11.7 Å². The van der Waals surface area contributed by atoms with Crippen molar-refractivity contribution in [2.45, 2.75) is 26.3 Å². The van der Waals surface area contributed by atoms with E-state index >= 15 is 0 Å². The summed E-state index contributed by atoms with van der Waals surface area (Å²) in [5.41, 5.74) is 1.36. The average Bonchev–Trinajstić information content (AvgIpc) is 3.18. The van der Waals surface area contributed by atoms with Crippen molar-refractivity contribution >= 4 is 34.7 Å². The summed E-state index contributed by atoms with van der Waals surface area (Å²) >= 11 is 6.07. The van der Waals surface area contributed by atoms with Crippen LogP contribution >= 0.6 is 11.6 Å². The predicted octanol–water partition coefficient (Wildman–Crippen LogP) is 6.16. The van der Waals surface area contributed by atoms with Crippen LogP contribution in [0.15, 0.2) is 72.3 Å². The SMILES string of the molecule is CCCOc1cccc(/C(O)=C2/C(=O)C(=O)N(c3ccc(Cl)cc3)C2c2ccc(OC)c(OCC)c2)c1. The number of aliphatic hydroxyl groups is 1. The molecule has 0 radical (unpaired) electrons. The summed E-state index contributed by atoms with van der Waals surface area (Å²) in [4.78, 5) is 28.2. The summed E-state index contributed by atoms with van der Waals surface area (Å²) in [6.45, 7) is 4.74. The number of aliphatic hydroxyl groups excluding tert-OH is 1. The minimum atomic E-state index is -0.925. The third kappa shape index (κ3) is 5.27. The maximum absolute atomic E-state index is 13.4. The number of hydrogen-bond donors (Lipinski definition) is 1. The summed E-state index contributed by atoms with van der Waals surface area (Å²) in [5.74, 6) is -0.339. The minimum absolute atomic E-state index is 0.0415. The monoisotopic (exact) mass is 521 g/mol. The van der Waals surface area contributed by atoms with E-state index in [9.17, 15) is 14.7 Å². The molecule has 0 spiro atoms. The number of ketones is 1. The summed E-state index contributed by atoms with van der Waals surface area (Å²) < 4.78 is 16.9. The van der Waals surface area contributed by atoms with Gasteiger partial charge >= 0.3 is 0 Å². The molecule has 4 rings (SSSR count). The Bertz CT molecular complexity index is 1330. The quantitative estimate of drug-likeness (QED) is 0.206.